The lowest BCUT2D eigenvalue weighted by molar-refractivity contribution is 0.0939. The van der Waals surface area contributed by atoms with Crippen molar-refractivity contribution in [3.05, 3.63) is 77.4 Å². The average Bonchev–Trinajstić information content (AvgIpc) is 2.75. The van der Waals surface area contributed by atoms with Crippen LogP contribution < -0.4 is 14.8 Å². The Hall–Kier alpha value is -3.10. The maximum Gasteiger partial charge on any atom is 0.261 e. The molecule has 1 atom stereocenters. The molecule has 3 rings (SSSR count). The molecule has 2 aromatic carbocycles. The number of carbonyl (C=O) groups is 1. The predicted octanol–water partition coefficient (Wildman–Crippen LogP) is 4.86. The van der Waals surface area contributed by atoms with E-state index in [1.54, 1.807) is 36.4 Å². The van der Waals surface area contributed by atoms with Crippen LogP contribution in [0.25, 0.3) is 0 Å². The van der Waals surface area contributed by atoms with Gasteiger partial charge in [-0.25, -0.2) is 13.4 Å². The Kier molecular flexibility index (Phi) is 7.14. The first-order valence-electron chi connectivity index (χ1n) is 9.60. The molecule has 0 unspecified atom stereocenters. The largest absolute Gasteiger partial charge is 0.439 e. The molecule has 0 saturated heterocycles. The van der Waals surface area contributed by atoms with Crippen LogP contribution in [0.5, 0.6) is 11.6 Å². The summed E-state index contributed by atoms with van der Waals surface area (Å²) in [7, 11) is -3.73. The van der Waals surface area contributed by atoms with E-state index in [2.05, 4.69) is 15.0 Å². The van der Waals surface area contributed by atoms with Gasteiger partial charge in [-0.05, 0) is 67.9 Å². The van der Waals surface area contributed by atoms with Crippen molar-refractivity contribution in [1.29, 1.82) is 0 Å². The van der Waals surface area contributed by atoms with Crippen molar-refractivity contribution in [2.45, 2.75) is 31.2 Å². The molecule has 31 heavy (non-hydrogen) atoms. The minimum Gasteiger partial charge on any atom is -0.439 e. The number of amides is 1. The van der Waals surface area contributed by atoms with Gasteiger partial charge in [-0.1, -0.05) is 18.5 Å². The summed E-state index contributed by atoms with van der Waals surface area (Å²) in [5.41, 5.74) is 0.826. The molecule has 0 bridgehead atoms. The van der Waals surface area contributed by atoms with Crippen molar-refractivity contribution < 1.29 is 17.9 Å². The number of rotatable bonds is 8. The normalized spacial score (nSPS) is 12.1. The van der Waals surface area contributed by atoms with Gasteiger partial charge >= 0.3 is 0 Å². The van der Waals surface area contributed by atoms with Crippen LogP contribution >= 0.6 is 11.6 Å². The highest BCUT2D eigenvalue weighted by molar-refractivity contribution is 7.92. The quantitative estimate of drug-likeness (QED) is 0.501. The van der Waals surface area contributed by atoms with E-state index >= 15 is 0 Å². The second kappa shape index (κ2) is 9.80. The molecule has 0 radical (unpaired) electrons. The summed E-state index contributed by atoms with van der Waals surface area (Å²) in [5, 5.41) is 3.33. The lowest BCUT2D eigenvalue weighted by Gasteiger charge is -2.11. The maximum absolute atomic E-state index is 12.4. The van der Waals surface area contributed by atoms with E-state index in [1.807, 2.05) is 13.8 Å². The third kappa shape index (κ3) is 6.19. The number of anilines is 1. The van der Waals surface area contributed by atoms with Gasteiger partial charge in [-0.15, -0.1) is 0 Å². The Balaban J connectivity index is 1.63. The number of hydrogen-bond donors (Lipinski definition) is 2. The van der Waals surface area contributed by atoms with Gasteiger partial charge in [-0.2, -0.15) is 0 Å². The molecule has 0 spiro atoms. The average molecular weight is 460 g/mol. The molecule has 1 amide bonds. The molecule has 0 fully saturated rings. The molecule has 0 saturated carbocycles. The summed E-state index contributed by atoms with van der Waals surface area (Å²) in [4.78, 5) is 16.4. The van der Waals surface area contributed by atoms with E-state index in [1.165, 1.54) is 30.5 Å². The minimum absolute atomic E-state index is 0.0825. The second-order valence-corrected chi connectivity index (χ2v) is 8.97. The van der Waals surface area contributed by atoms with Gasteiger partial charge in [0.05, 0.1) is 10.5 Å². The van der Waals surface area contributed by atoms with Crippen molar-refractivity contribution in [2.75, 3.05) is 4.72 Å². The third-order valence-corrected chi connectivity index (χ3v) is 6.09. The number of aromatic nitrogens is 1. The van der Waals surface area contributed by atoms with E-state index in [0.29, 0.717) is 27.9 Å². The van der Waals surface area contributed by atoms with Gasteiger partial charge in [-0.3, -0.25) is 9.52 Å². The van der Waals surface area contributed by atoms with E-state index in [4.69, 9.17) is 16.3 Å². The van der Waals surface area contributed by atoms with Gasteiger partial charge in [0.1, 0.15) is 5.75 Å². The van der Waals surface area contributed by atoms with Crippen LogP contribution in [-0.4, -0.2) is 25.4 Å². The van der Waals surface area contributed by atoms with Crippen molar-refractivity contribution in [2.24, 2.45) is 0 Å². The lowest BCUT2D eigenvalue weighted by atomic mass is 10.2. The number of hydrogen-bond acceptors (Lipinski definition) is 5. The number of benzene rings is 2. The highest BCUT2D eigenvalue weighted by Gasteiger charge is 2.14. The fourth-order valence-electron chi connectivity index (χ4n) is 2.52. The van der Waals surface area contributed by atoms with E-state index in [0.717, 1.165) is 6.42 Å². The molecule has 2 N–H and O–H groups in total. The summed E-state index contributed by atoms with van der Waals surface area (Å²) in [6.45, 7) is 3.93. The van der Waals surface area contributed by atoms with Gasteiger partial charge in [0.25, 0.3) is 15.9 Å². The second-order valence-electron chi connectivity index (χ2n) is 6.85. The monoisotopic (exact) mass is 459 g/mol. The predicted molar refractivity (Wildman–Crippen MR) is 120 cm³/mol. The molecular weight excluding hydrogens is 438 g/mol. The topological polar surface area (TPSA) is 97.4 Å². The molecule has 162 valence electrons. The lowest BCUT2D eigenvalue weighted by Crippen LogP contribution is -2.31. The zero-order valence-electron chi connectivity index (χ0n) is 17.0. The zero-order valence-corrected chi connectivity index (χ0v) is 18.6. The summed E-state index contributed by atoms with van der Waals surface area (Å²) in [6.07, 6.45) is 2.29. The molecular formula is C22H22ClN3O4S. The summed E-state index contributed by atoms with van der Waals surface area (Å²) in [5.74, 6) is 0.596. The number of pyridine rings is 1. The van der Waals surface area contributed by atoms with Crippen LogP contribution in [0, 0.1) is 0 Å². The maximum atomic E-state index is 12.4. The van der Waals surface area contributed by atoms with E-state index < -0.39 is 10.0 Å². The molecule has 0 aliphatic heterocycles. The Morgan fingerprint density at radius 3 is 2.32 bits per heavy atom. The SMILES string of the molecule is CC[C@@H](C)NC(=O)c1ccc(Oc2ccc(NS(=O)(=O)c3ccc(Cl)cc3)cc2)nc1. The zero-order chi connectivity index (χ0) is 22.4. The minimum atomic E-state index is -3.73. The summed E-state index contributed by atoms with van der Waals surface area (Å²) < 4.78 is 33.0. The van der Waals surface area contributed by atoms with Crippen molar-refractivity contribution in [1.82, 2.24) is 10.3 Å². The molecule has 1 heterocycles. The number of nitrogens with one attached hydrogen (secondary N) is 2. The molecule has 3 aromatic rings. The van der Waals surface area contributed by atoms with Gasteiger partial charge < -0.3 is 10.1 Å². The summed E-state index contributed by atoms with van der Waals surface area (Å²) in [6, 6.07) is 15.6. The van der Waals surface area contributed by atoms with E-state index in [9.17, 15) is 13.2 Å². The highest BCUT2D eigenvalue weighted by atomic mass is 35.5. The third-order valence-electron chi connectivity index (χ3n) is 4.44. The van der Waals surface area contributed by atoms with Crippen molar-refractivity contribution >= 4 is 33.2 Å². The van der Waals surface area contributed by atoms with Crippen molar-refractivity contribution in [3.8, 4) is 11.6 Å². The van der Waals surface area contributed by atoms with Gasteiger partial charge in [0.2, 0.25) is 5.88 Å². The standard InChI is InChI=1S/C22H22ClN3O4S/c1-3-15(2)25-22(27)16-4-13-21(24-14-16)30-19-9-7-18(8-10-19)26-31(28,29)20-11-5-17(23)6-12-20/h4-15,26H,3H2,1-2H3,(H,25,27)/t15-/m1/s1. The first kappa shape index (κ1) is 22.6. The molecule has 7 nitrogen and oxygen atoms in total. The Bertz CT molecular complexity index is 1130. The van der Waals surface area contributed by atoms with Crippen molar-refractivity contribution in [3.63, 3.8) is 0 Å². The molecule has 0 aliphatic rings. The number of carbonyl (C=O) groups excluding carboxylic acids is 1. The first-order chi connectivity index (χ1) is 14.8. The molecule has 0 aliphatic carbocycles. The number of sulfonamides is 1. The Morgan fingerprint density at radius 1 is 1.06 bits per heavy atom. The number of halogens is 1. The van der Waals surface area contributed by atoms with Gasteiger partial charge in [0, 0.05) is 29.0 Å². The van der Waals surface area contributed by atoms with Crippen LogP contribution in [0.1, 0.15) is 30.6 Å². The fraction of sp³-hybridized carbons (Fsp3) is 0.182. The Morgan fingerprint density at radius 2 is 1.74 bits per heavy atom. The highest BCUT2D eigenvalue weighted by Crippen LogP contribution is 2.23. The fourth-order valence-corrected chi connectivity index (χ4v) is 3.71. The number of nitrogens with zero attached hydrogens (tertiary/aromatic N) is 1. The van der Waals surface area contributed by atoms with Crippen LogP contribution in [0.15, 0.2) is 71.8 Å². The molecule has 1 aromatic heterocycles. The Labute approximate surface area is 186 Å². The van der Waals surface area contributed by atoms with Gasteiger partial charge in [0.15, 0.2) is 0 Å². The smallest absolute Gasteiger partial charge is 0.261 e. The summed E-state index contributed by atoms with van der Waals surface area (Å²) >= 11 is 5.80. The number of ether oxygens (including phenoxy) is 1. The first-order valence-corrected chi connectivity index (χ1v) is 11.5. The van der Waals surface area contributed by atoms with Crippen LogP contribution in [0.4, 0.5) is 5.69 Å². The van der Waals surface area contributed by atoms with E-state index in [-0.39, 0.29) is 16.8 Å². The van der Waals surface area contributed by atoms with Crippen LogP contribution in [0.3, 0.4) is 0 Å². The molecule has 9 heteroatoms. The van der Waals surface area contributed by atoms with Crippen LogP contribution in [0.2, 0.25) is 5.02 Å². The van der Waals surface area contributed by atoms with Crippen LogP contribution in [-0.2, 0) is 10.0 Å².